The molecule has 2 aromatic rings. The van der Waals surface area contributed by atoms with Gasteiger partial charge < -0.3 is 15.4 Å². The Morgan fingerprint density at radius 2 is 2.12 bits per heavy atom. The Morgan fingerprint density at radius 3 is 2.79 bits per heavy atom. The number of nitrogens with zero attached hydrogens (tertiary/aromatic N) is 2. The lowest BCUT2D eigenvalue weighted by Gasteiger charge is -2.37. The maximum absolute atomic E-state index is 13.3. The van der Waals surface area contributed by atoms with Crippen molar-refractivity contribution in [3.05, 3.63) is 52.8 Å². The van der Waals surface area contributed by atoms with Gasteiger partial charge in [-0.2, -0.15) is 13.2 Å². The number of anilines is 2. The average molecular weight is 335 g/mol. The molecule has 4 nitrogen and oxygen atoms in total. The Bertz CT molecular complexity index is 789. The molecule has 24 heavy (non-hydrogen) atoms. The van der Waals surface area contributed by atoms with E-state index in [1.54, 1.807) is 6.07 Å². The highest BCUT2D eigenvalue weighted by molar-refractivity contribution is 5.74. The Kier molecular flexibility index (Phi) is 3.95. The minimum absolute atomic E-state index is 0.0908. The van der Waals surface area contributed by atoms with E-state index < -0.39 is 17.8 Å². The highest BCUT2D eigenvalue weighted by Gasteiger charge is 2.38. The number of alkyl halides is 3. The van der Waals surface area contributed by atoms with Crippen LogP contribution in [0.2, 0.25) is 0 Å². The third-order valence-corrected chi connectivity index (χ3v) is 4.35. The highest BCUT2D eigenvalue weighted by Crippen LogP contribution is 2.41. The number of benzene rings is 1. The van der Waals surface area contributed by atoms with Gasteiger partial charge >= 0.3 is 6.18 Å². The third kappa shape index (κ3) is 2.70. The first-order valence-corrected chi connectivity index (χ1v) is 7.45. The van der Waals surface area contributed by atoms with Crippen molar-refractivity contribution >= 4 is 17.7 Å². The van der Waals surface area contributed by atoms with Crippen LogP contribution in [0.25, 0.3) is 0 Å². The second-order valence-corrected chi connectivity index (χ2v) is 5.82. The molecule has 7 heteroatoms. The predicted molar refractivity (Wildman–Crippen MR) is 84.7 cm³/mol. The smallest absolute Gasteiger partial charge is 0.399 e. The van der Waals surface area contributed by atoms with Gasteiger partial charge in [-0.25, -0.2) is 0 Å². The highest BCUT2D eigenvalue weighted by atomic mass is 19.4. The van der Waals surface area contributed by atoms with Gasteiger partial charge in [0.1, 0.15) is 12.3 Å². The van der Waals surface area contributed by atoms with Crippen molar-refractivity contribution in [3.8, 4) is 0 Å². The molecule has 0 saturated heterocycles. The number of rotatable bonds is 2. The van der Waals surface area contributed by atoms with Crippen molar-refractivity contribution in [1.82, 2.24) is 4.98 Å². The Morgan fingerprint density at radius 1 is 1.38 bits per heavy atom. The number of aldehydes is 1. The largest absolute Gasteiger partial charge is 0.418 e. The van der Waals surface area contributed by atoms with Crippen LogP contribution < -0.4 is 10.6 Å². The molecule has 0 radical (unpaired) electrons. The summed E-state index contributed by atoms with van der Waals surface area (Å²) in [7, 11) is 0. The van der Waals surface area contributed by atoms with Gasteiger partial charge in [0.25, 0.3) is 0 Å². The summed E-state index contributed by atoms with van der Waals surface area (Å²) in [5.41, 5.74) is 8.03. The van der Waals surface area contributed by atoms with Gasteiger partial charge in [-0.1, -0.05) is 6.07 Å². The number of nitrogen functional groups attached to an aromatic ring is 1. The first-order chi connectivity index (χ1) is 11.3. The zero-order valence-corrected chi connectivity index (χ0v) is 13.0. The zero-order chi connectivity index (χ0) is 17.5. The number of fused-ring (bicyclic) bond motifs is 1. The van der Waals surface area contributed by atoms with Crippen LogP contribution in [0, 0.1) is 6.92 Å². The van der Waals surface area contributed by atoms with Gasteiger partial charge in [-0.15, -0.1) is 0 Å². The van der Waals surface area contributed by atoms with Crippen molar-refractivity contribution < 1.29 is 18.0 Å². The van der Waals surface area contributed by atoms with Gasteiger partial charge in [-0.3, -0.25) is 4.98 Å². The normalized spacial score (nSPS) is 17.5. The van der Waals surface area contributed by atoms with Crippen LogP contribution in [-0.4, -0.2) is 17.8 Å². The SMILES string of the molecule is Cc1cc2c(cc1N)C(C=O)N(c1cnccc1C(F)(F)F)CC2. The quantitative estimate of drug-likeness (QED) is 0.676. The topological polar surface area (TPSA) is 59.2 Å². The predicted octanol–water partition coefficient (Wildman–Crippen LogP) is 3.29. The maximum atomic E-state index is 13.3. The zero-order valence-electron chi connectivity index (χ0n) is 13.0. The fourth-order valence-electron chi connectivity index (χ4n) is 3.11. The fraction of sp³-hybridized carbons (Fsp3) is 0.294. The minimum atomic E-state index is -4.52. The van der Waals surface area contributed by atoms with Gasteiger partial charge in [0.2, 0.25) is 0 Å². The molecule has 3 rings (SSSR count). The standard InChI is InChI=1S/C17H16F3N3O/c1-10-6-11-3-5-23(16(9-24)12(11)7-14(10)21)15-8-22-4-2-13(15)17(18,19)20/h2,4,6-9,16H,3,5,21H2,1H3. The summed E-state index contributed by atoms with van der Waals surface area (Å²) in [6.45, 7) is 2.16. The lowest BCUT2D eigenvalue weighted by molar-refractivity contribution is -0.137. The molecule has 1 aliphatic heterocycles. The molecule has 0 saturated carbocycles. The molecule has 2 N–H and O–H groups in total. The van der Waals surface area contributed by atoms with Crippen molar-refractivity contribution in [1.29, 1.82) is 0 Å². The molecule has 2 heterocycles. The van der Waals surface area contributed by atoms with Gasteiger partial charge in [-0.05, 0) is 42.2 Å². The van der Waals surface area contributed by atoms with Crippen molar-refractivity contribution in [3.63, 3.8) is 0 Å². The van der Waals surface area contributed by atoms with E-state index >= 15 is 0 Å². The number of aryl methyl sites for hydroxylation is 1. The number of hydrogen-bond acceptors (Lipinski definition) is 4. The number of nitrogens with two attached hydrogens (primary N) is 1. The number of pyridine rings is 1. The summed E-state index contributed by atoms with van der Waals surface area (Å²) in [5.74, 6) is 0. The molecule has 1 atom stereocenters. The molecule has 0 amide bonds. The lowest BCUT2D eigenvalue weighted by Crippen LogP contribution is -2.37. The van der Waals surface area contributed by atoms with E-state index in [0.717, 1.165) is 29.6 Å². The number of hydrogen-bond donors (Lipinski definition) is 1. The number of aromatic nitrogens is 1. The van der Waals surface area contributed by atoms with Crippen LogP contribution >= 0.6 is 0 Å². The second-order valence-electron chi connectivity index (χ2n) is 5.82. The van der Waals surface area contributed by atoms with E-state index in [2.05, 4.69) is 4.98 Å². The van der Waals surface area contributed by atoms with E-state index in [1.807, 2.05) is 13.0 Å². The van der Waals surface area contributed by atoms with Crippen molar-refractivity contribution in [2.45, 2.75) is 25.6 Å². The third-order valence-electron chi connectivity index (χ3n) is 4.35. The van der Waals surface area contributed by atoms with E-state index in [9.17, 15) is 18.0 Å². The van der Waals surface area contributed by atoms with E-state index in [0.29, 0.717) is 30.5 Å². The Balaban J connectivity index is 2.11. The van der Waals surface area contributed by atoms with E-state index in [-0.39, 0.29) is 5.69 Å². The number of halogens is 3. The molecular weight excluding hydrogens is 319 g/mol. The first kappa shape index (κ1) is 16.3. The molecule has 1 aromatic heterocycles. The number of carbonyl (C=O) groups is 1. The minimum Gasteiger partial charge on any atom is -0.399 e. The fourth-order valence-corrected chi connectivity index (χ4v) is 3.11. The van der Waals surface area contributed by atoms with Crippen molar-refractivity contribution in [2.24, 2.45) is 0 Å². The van der Waals surface area contributed by atoms with Crippen LogP contribution in [0.5, 0.6) is 0 Å². The second kappa shape index (κ2) is 5.81. The monoisotopic (exact) mass is 335 g/mol. The van der Waals surface area contributed by atoms with Crippen LogP contribution in [0.1, 0.15) is 28.3 Å². The Hall–Kier alpha value is -2.57. The van der Waals surface area contributed by atoms with Gasteiger partial charge in [0.15, 0.2) is 0 Å². The molecule has 1 aliphatic rings. The molecule has 0 aliphatic carbocycles. The van der Waals surface area contributed by atoms with Gasteiger partial charge in [0, 0.05) is 18.4 Å². The average Bonchev–Trinajstić information content (AvgIpc) is 2.54. The molecular formula is C17H16F3N3O. The molecule has 126 valence electrons. The van der Waals surface area contributed by atoms with Crippen LogP contribution in [0.4, 0.5) is 24.5 Å². The summed E-state index contributed by atoms with van der Waals surface area (Å²) in [6, 6.07) is 3.68. The first-order valence-electron chi connectivity index (χ1n) is 7.45. The van der Waals surface area contributed by atoms with Gasteiger partial charge in [0.05, 0.1) is 17.4 Å². The van der Waals surface area contributed by atoms with E-state index in [1.165, 1.54) is 4.90 Å². The summed E-state index contributed by atoms with van der Waals surface area (Å²) in [6.07, 6.45) is -1.07. The lowest BCUT2D eigenvalue weighted by atomic mass is 9.90. The molecule has 0 bridgehead atoms. The summed E-state index contributed by atoms with van der Waals surface area (Å²) in [4.78, 5) is 16.9. The van der Waals surface area contributed by atoms with E-state index in [4.69, 9.17) is 5.73 Å². The van der Waals surface area contributed by atoms with Crippen LogP contribution in [-0.2, 0) is 17.4 Å². The molecule has 0 spiro atoms. The summed E-state index contributed by atoms with van der Waals surface area (Å²) >= 11 is 0. The molecule has 1 aromatic carbocycles. The van der Waals surface area contributed by atoms with Crippen LogP contribution in [0.3, 0.4) is 0 Å². The maximum Gasteiger partial charge on any atom is 0.418 e. The molecule has 1 unspecified atom stereocenters. The van der Waals surface area contributed by atoms with Crippen LogP contribution in [0.15, 0.2) is 30.6 Å². The Labute approximate surface area is 137 Å². The number of carbonyl (C=O) groups excluding carboxylic acids is 1. The summed E-state index contributed by atoms with van der Waals surface area (Å²) < 4.78 is 39.9. The summed E-state index contributed by atoms with van der Waals surface area (Å²) in [5, 5.41) is 0. The molecule has 0 fully saturated rings. The van der Waals surface area contributed by atoms with Crippen molar-refractivity contribution in [2.75, 3.05) is 17.2 Å².